The zero-order chi connectivity index (χ0) is 32.9. The first-order chi connectivity index (χ1) is 23.1. The van der Waals surface area contributed by atoms with E-state index >= 15 is 4.39 Å². The van der Waals surface area contributed by atoms with Gasteiger partial charge in [-0.05, 0) is 80.8 Å². The highest BCUT2D eigenvalue weighted by molar-refractivity contribution is 6.01. The van der Waals surface area contributed by atoms with Gasteiger partial charge in [-0.3, -0.25) is 9.64 Å². The van der Waals surface area contributed by atoms with Gasteiger partial charge in [0.1, 0.15) is 29.5 Å². The second-order valence-corrected chi connectivity index (χ2v) is 14.1. The summed E-state index contributed by atoms with van der Waals surface area (Å²) in [4.78, 5) is 18.8. The third-order valence-corrected chi connectivity index (χ3v) is 11.4. The van der Waals surface area contributed by atoms with E-state index in [9.17, 15) is 17.6 Å². The van der Waals surface area contributed by atoms with Gasteiger partial charge in [0.25, 0.3) is 0 Å². The maximum atomic E-state index is 17.0. The molecule has 13 heteroatoms. The van der Waals surface area contributed by atoms with Crippen LogP contribution < -0.4 is 15.0 Å². The van der Waals surface area contributed by atoms with Crippen LogP contribution in [0, 0.1) is 18.6 Å². The Balaban J connectivity index is 1.17. The number of fused-ring (bicyclic) bond motifs is 7. The molecular weight excluding hydrogens is 631 g/mol. The number of aromatic nitrogens is 3. The Morgan fingerprint density at radius 2 is 1.90 bits per heavy atom. The molecule has 2 aromatic carbocycles. The average Bonchev–Trinajstić information content (AvgIpc) is 3.69. The largest absolute Gasteiger partial charge is 0.522 e. The van der Waals surface area contributed by atoms with Gasteiger partial charge in [0.15, 0.2) is 5.82 Å². The van der Waals surface area contributed by atoms with Crippen LogP contribution >= 0.6 is 0 Å². The van der Waals surface area contributed by atoms with E-state index in [0.717, 1.165) is 31.1 Å². The van der Waals surface area contributed by atoms with Crippen LogP contribution in [0.1, 0.15) is 49.8 Å². The number of hydrogen-bond acceptors (Lipinski definition) is 8. The van der Waals surface area contributed by atoms with E-state index in [2.05, 4.69) is 19.9 Å². The van der Waals surface area contributed by atoms with E-state index in [0.29, 0.717) is 59.3 Å². The molecule has 7 heterocycles. The second kappa shape index (κ2) is 10.9. The molecule has 0 unspecified atom stereocenters. The van der Waals surface area contributed by atoms with Crippen molar-refractivity contribution in [3.8, 4) is 17.3 Å². The van der Waals surface area contributed by atoms with Crippen molar-refractivity contribution in [1.29, 1.82) is 0 Å². The zero-order valence-electron chi connectivity index (χ0n) is 26.4. The summed E-state index contributed by atoms with van der Waals surface area (Å²) in [7, 11) is 0. The molecule has 4 aromatic rings. The Kier molecular flexibility index (Phi) is 6.91. The lowest BCUT2D eigenvalue weighted by Gasteiger charge is -2.41. The molecule has 0 saturated carbocycles. The van der Waals surface area contributed by atoms with Gasteiger partial charge in [0, 0.05) is 36.8 Å². The standard InChI is InChI=1S/C35H35F5N6O2/c1-18-23(36)8-6-19-4-2-5-22(27(18)19)30-29(37)31-28-25(42-30)10-11-26-24-9-7-20(41-24)15-46(26)32(28)44-33(43-31)47-17-34-12-3-13-45(34)16-21(14-34)48-35(38,39)40/h2,4-6,8,20-21,24,26,41H,3,7,9-17H2,1H3/t20-,21-,24+,26-,34-/m1/s1. The normalized spacial score (nSPS) is 28.2. The molecule has 5 aliphatic rings. The molecular formula is C35H35F5N6O2. The fourth-order valence-electron chi connectivity index (χ4n) is 9.28. The van der Waals surface area contributed by atoms with Crippen molar-refractivity contribution in [2.75, 3.05) is 31.1 Å². The monoisotopic (exact) mass is 666 g/mol. The van der Waals surface area contributed by atoms with E-state index < -0.39 is 23.8 Å². The van der Waals surface area contributed by atoms with Gasteiger partial charge in [-0.15, -0.1) is 13.2 Å². The highest BCUT2D eigenvalue weighted by atomic mass is 19.4. The van der Waals surface area contributed by atoms with Gasteiger partial charge in [-0.1, -0.05) is 24.3 Å². The van der Waals surface area contributed by atoms with E-state index in [-0.39, 0.29) is 60.7 Å². The van der Waals surface area contributed by atoms with Gasteiger partial charge < -0.3 is 15.0 Å². The molecule has 0 amide bonds. The van der Waals surface area contributed by atoms with Crippen molar-refractivity contribution in [2.45, 2.75) is 88.0 Å². The van der Waals surface area contributed by atoms with Gasteiger partial charge in [-0.25, -0.2) is 13.8 Å². The Morgan fingerprint density at radius 3 is 2.75 bits per heavy atom. The molecule has 2 aromatic heterocycles. The van der Waals surface area contributed by atoms with Crippen molar-refractivity contribution >= 4 is 27.5 Å². The van der Waals surface area contributed by atoms with Gasteiger partial charge in [0.05, 0.1) is 22.7 Å². The fraction of sp³-hybridized carbons (Fsp3) is 0.514. The number of alkyl halides is 3. The molecule has 4 fully saturated rings. The van der Waals surface area contributed by atoms with Crippen molar-refractivity contribution in [3.05, 3.63) is 53.2 Å². The third-order valence-electron chi connectivity index (χ3n) is 11.4. The second-order valence-electron chi connectivity index (χ2n) is 14.1. The van der Waals surface area contributed by atoms with E-state index in [4.69, 9.17) is 14.7 Å². The molecule has 0 spiro atoms. The SMILES string of the molecule is Cc1c(F)ccc2cccc(-c3nc4c5c(nc(OC[C@]67CCCN6C[C@H](OC(F)(F)F)C7)nc5c3F)N3C[C@H]5CC[C@H](N5)[C@H]3CC4)c12. The van der Waals surface area contributed by atoms with Crippen LogP contribution in [0.4, 0.5) is 27.8 Å². The van der Waals surface area contributed by atoms with Crippen molar-refractivity contribution < 1.29 is 31.4 Å². The van der Waals surface area contributed by atoms with Crippen LogP contribution in [0.3, 0.4) is 0 Å². The van der Waals surface area contributed by atoms with Crippen LogP contribution in [0.25, 0.3) is 32.9 Å². The molecule has 2 bridgehead atoms. The Morgan fingerprint density at radius 1 is 1.02 bits per heavy atom. The van der Waals surface area contributed by atoms with Gasteiger partial charge in [0.2, 0.25) is 0 Å². The number of hydrogen-bond donors (Lipinski definition) is 1. The van der Waals surface area contributed by atoms with Crippen molar-refractivity contribution in [2.24, 2.45) is 0 Å². The summed E-state index contributed by atoms with van der Waals surface area (Å²) in [5.41, 5.74) is 1.09. The molecule has 1 N–H and O–H groups in total. The number of halogens is 5. The Hall–Kier alpha value is -3.68. The van der Waals surface area contributed by atoms with E-state index in [1.54, 1.807) is 19.1 Å². The van der Waals surface area contributed by atoms with Crippen LogP contribution in [-0.4, -0.2) is 82.2 Å². The smallest absolute Gasteiger partial charge is 0.461 e. The lowest BCUT2D eigenvalue weighted by atomic mass is 9.94. The molecule has 5 aliphatic heterocycles. The number of nitrogens with zero attached hydrogens (tertiary/aromatic N) is 5. The number of ether oxygens (including phenoxy) is 2. The van der Waals surface area contributed by atoms with Crippen LogP contribution in [-0.2, 0) is 11.2 Å². The molecule has 5 atom stereocenters. The minimum Gasteiger partial charge on any atom is -0.461 e. The van der Waals surface area contributed by atoms with Crippen molar-refractivity contribution in [3.63, 3.8) is 0 Å². The number of anilines is 1. The molecule has 9 rings (SSSR count). The van der Waals surface area contributed by atoms with Crippen LogP contribution in [0.15, 0.2) is 30.3 Å². The first kappa shape index (κ1) is 30.4. The Labute approximate surface area is 273 Å². The number of pyridine rings is 1. The summed E-state index contributed by atoms with van der Waals surface area (Å²) in [6.07, 6.45) is -0.614. The maximum Gasteiger partial charge on any atom is 0.522 e. The highest BCUT2D eigenvalue weighted by Gasteiger charge is 2.52. The topological polar surface area (TPSA) is 75.6 Å². The lowest BCUT2D eigenvalue weighted by Crippen LogP contribution is -2.58. The minimum absolute atomic E-state index is 0.0208. The number of benzene rings is 2. The molecule has 48 heavy (non-hydrogen) atoms. The zero-order valence-corrected chi connectivity index (χ0v) is 26.4. The quantitative estimate of drug-likeness (QED) is 0.252. The van der Waals surface area contributed by atoms with E-state index in [1.165, 1.54) is 6.07 Å². The molecule has 8 nitrogen and oxygen atoms in total. The molecule has 0 aliphatic carbocycles. The highest BCUT2D eigenvalue weighted by Crippen LogP contribution is 2.45. The molecule has 0 radical (unpaired) electrons. The summed E-state index contributed by atoms with van der Waals surface area (Å²) < 4.78 is 82.0. The number of nitrogens with one attached hydrogen (secondary N) is 1. The summed E-state index contributed by atoms with van der Waals surface area (Å²) in [6, 6.07) is 9.16. The van der Waals surface area contributed by atoms with Crippen LogP contribution in [0.5, 0.6) is 6.01 Å². The summed E-state index contributed by atoms with van der Waals surface area (Å²) in [6.45, 7) is 3.25. The first-order valence-electron chi connectivity index (χ1n) is 16.8. The van der Waals surface area contributed by atoms with Gasteiger partial charge in [-0.2, -0.15) is 9.97 Å². The Bertz CT molecular complexity index is 1960. The number of rotatable bonds is 5. The number of piperazine rings is 1. The average molecular weight is 667 g/mol. The fourth-order valence-corrected chi connectivity index (χ4v) is 9.28. The molecule has 4 saturated heterocycles. The predicted octanol–water partition coefficient (Wildman–Crippen LogP) is 6.21. The van der Waals surface area contributed by atoms with Crippen molar-refractivity contribution in [1.82, 2.24) is 25.2 Å². The van der Waals surface area contributed by atoms with Crippen LogP contribution in [0.2, 0.25) is 0 Å². The summed E-state index contributed by atoms with van der Waals surface area (Å²) in [5, 5.41) is 5.65. The summed E-state index contributed by atoms with van der Waals surface area (Å²) >= 11 is 0. The number of aryl methyl sites for hydroxylation is 2. The third kappa shape index (κ3) is 4.83. The summed E-state index contributed by atoms with van der Waals surface area (Å²) in [5.74, 6) is -0.450. The predicted molar refractivity (Wildman–Crippen MR) is 169 cm³/mol. The molecule has 252 valence electrons. The lowest BCUT2D eigenvalue weighted by molar-refractivity contribution is -0.340. The minimum atomic E-state index is -4.72. The van der Waals surface area contributed by atoms with Gasteiger partial charge >= 0.3 is 12.4 Å². The van der Waals surface area contributed by atoms with E-state index in [1.807, 2.05) is 17.0 Å². The first-order valence-corrected chi connectivity index (χ1v) is 16.8. The maximum absolute atomic E-state index is 17.0.